The monoisotopic (exact) mass is 602 g/mol. The molecule has 8 nitrogen and oxygen atoms in total. The van der Waals surface area contributed by atoms with Crippen molar-refractivity contribution in [3.63, 3.8) is 0 Å². The van der Waals surface area contributed by atoms with Crippen LogP contribution in [-0.4, -0.2) is 65.4 Å². The van der Waals surface area contributed by atoms with Crippen molar-refractivity contribution in [1.29, 1.82) is 0 Å². The predicted octanol–water partition coefficient (Wildman–Crippen LogP) is 5.01. The standard InChI is InChI=1S/C27H25F7N4O4/c28-21-14-18(5-8-22(21)36-24(40)35-15-20-2-1-13-42-20)23(39)38-11-9-37(10-12-38)16-17-3-6-19(7-4-17)25(41,26(29,30)31)27(32,33)34/h1-8,13-14,41H,9-12,15-16H2,(H2,35,36,40). The first kappa shape index (κ1) is 30.8. The first-order valence-corrected chi connectivity index (χ1v) is 12.5. The maximum absolute atomic E-state index is 14.6. The fourth-order valence-corrected chi connectivity index (χ4v) is 4.39. The van der Waals surface area contributed by atoms with E-state index < -0.39 is 41.3 Å². The van der Waals surface area contributed by atoms with E-state index in [9.17, 15) is 45.4 Å². The second-order valence-corrected chi connectivity index (χ2v) is 9.55. The predicted molar refractivity (Wildman–Crippen MR) is 135 cm³/mol. The minimum absolute atomic E-state index is 0.0555. The molecule has 15 heteroatoms. The molecule has 2 aromatic carbocycles. The third-order valence-electron chi connectivity index (χ3n) is 6.73. The van der Waals surface area contributed by atoms with E-state index >= 15 is 0 Å². The number of nitrogens with zero attached hydrogens (tertiary/aromatic N) is 2. The number of rotatable bonds is 7. The summed E-state index contributed by atoms with van der Waals surface area (Å²) in [7, 11) is 0. The summed E-state index contributed by atoms with van der Waals surface area (Å²) in [5.41, 5.74) is -6.01. The summed E-state index contributed by atoms with van der Waals surface area (Å²) < 4.78 is 98.3. The van der Waals surface area contributed by atoms with Crippen LogP contribution in [0.5, 0.6) is 0 Å². The fourth-order valence-electron chi connectivity index (χ4n) is 4.39. The lowest BCUT2D eigenvalue weighted by atomic mass is 9.91. The Morgan fingerprint density at radius 1 is 0.905 bits per heavy atom. The van der Waals surface area contributed by atoms with E-state index in [1.807, 2.05) is 4.90 Å². The molecular weight excluding hydrogens is 577 g/mol. The molecule has 42 heavy (non-hydrogen) atoms. The highest BCUT2D eigenvalue weighted by Gasteiger charge is 2.71. The van der Waals surface area contributed by atoms with Gasteiger partial charge in [0.15, 0.2) is 0 Å². The quantitative estimate of drug-likeness (QED) is 0.331. The van der Waals surface area contributed by atoms with Gasteiger partial charge in [-0.1, -0.05) is 24.3 Å². The normalized spacial score (nSPS) is 15.0. The number of urea groups is 1. The number of halogens is 7. The minimum Gasteiger partial charge on any atom is -0.467 e. The van der Waals surface area contributed by atoms with Crippen LogP contribution in [0.2, 0.25) is 0 Å². The zero-order valence-corrected chi connectivity index (χ0v) is 21.7. The molecule has 0 unspecified atom stereocenters. The van der Waals surface area contributed by atoms with Gasteiger partial charge in [-0.15, -0.1) is 0 Å². The molecule has 226 valence electrons. The molecule has 3 amide bonds. The summed E-state index contributed by atoms with van der Waals surface area (Å²) in [4.78, 5) is 28.2. The Balaban J connectivity index is 1.30. The fraction of sp³-hybridized carbons (Fsp3) is 0.333. The van der Waals surface area contributed by atoms with Gasteiger partial charge in [-0.05, 0) is 35.9 Å². The Labute approximate surface area is 234 Å². The molecule has 0 radical (unpaired) electrons. The highest BCUT2D eigenvalue weighted by molar-refractivity contribution is 5.95. The molecule has 4 rings (SSSR count). The molecule has 1 fully saturated rings. The maximum Gasteiger partial charge on any atom is 0.430 e. The Morgan fingerprint density at radius 3 is 2.10 bits per heavy atom. The molecule has 0 atom stereocenters. The number of carbonyl (C=O) groups is 2. The number of aliphatic hydroxyl groups is 1. The van der Waals surface area contributed by atoms with Crippen LogP contribution in [0.15, 0.2) is 65.3 Å². The SMILES string of the molecule is O=C(NCc1ccco1)Nc1ccc(C(=O)N2CCN(Cc3ccc(C(O)(C(F)(F)F)C(F)(F)F)cc3)CC2)cc1F. The highest BCUT2D eigenvalue weighted by atomic mass is 19.4. The van der Waals surface area contributed by atoms with Crippen LogP contribution >= 0.6 is 0 Å². The molecule has 3 N–H and O–H groups in total. The van der Waals surface area contributed by atoms with E-state index in [-0.39, 0.29) is 37.4 Å². The summed E-state index contributed by atoms with van der Waals surface area (Å²) in [5.74, 6) is -0.770. The number of piperazine rings is 1. The Morgan fingerprint density at radius 2 is 1.55 bits per heavy atom. The van der Waals surface area contributed by atoms with Crippen LogP contribution in [0.3, 0.4) is 0 Å². The summed E-state index contributed by atoms with van der Waals surface area (Å²) >= 11 is 0. The summed E-state index contributed by atoms with van der Waals surface area (Å²) in [6.45, 7) is 1.40. The van der Waals surface area contributed by atoms with Gasteiger partial charge in [0, 0.05) is 43.9 Å². The topological polar surface area (TPSA) is 98.0 Å². The number of carbonyl (C=O) groups excluding carboxylic acids is 2. The van der Waals surface area contributed by atoms with Crippen molar-refractivity contribution in [1.82, 2.24) is 15.1 Å². The lowest BCUT2D eigenvalue weighted by Crippen LogP contribution is -2.53. The number of alkyl halides is 6. The first-order valence-electron chi connectivity index (χ1n) is 12.5. The zero-order valence-electron chi connectivity index (χ0n) is 21.7. The summed E-state index contributed by atoms with van der Waals surface area (Å²) in [6.07, 6.45) is -10.5. The lowest BCUT2D eigenvalue weighted by molar-refractivity contribution is -0.376. The molecule has 1 aliphatic rings. The van der Waals surface area contributed by atoms with Gasteiger partial charge < -0.3 is 25.1 Å². The van der Waals surface area contributed by atoms with Crippen LogP contribution in [0.1, 0.15) is 27.2 Å². The Kier molecular flexibility index (Phi) is 8.82. The van der Waals surface area contributed by atoms with Gasteiger partial charge in [0.2, 0.25) is 0 Å². The van der Waals surface area contributed by atoms with Gasteiger partial charge in [-0.2, -0.15) is 26.3 Å². The van der Waals surface area contributed by atoms with E-state index in [0.29, 0.717) is 36.5 Å². The third-order valence-corrected chi connectivity index (χ3v) is 6.73. The van der Waals surface area contributed by atoms with E-state index in [4.69, 9.17) is 4.42 Å². The number of furan rings is 1. The van der Waals surface area contributed by atoms with Gasteiger partial charge >= 0.3 is 18.4 Å². The minimum atomic E-state index is -5.97. The molecule has 1 saturated heterocycles. The highest BCUT2D eigenvalue weighted by Crippen LogP contribution is 2.50. The largest absolute Gasteiger partial charge is 0.467 e. The number of hydrogen-bond acceptors (Lipinski definition) is 5. The van der Waals surface area contributed by atoms with Crippen molar-refractivity contribution in [3.8, 4) is 0 Å². The number of nitrogens with one attached hydrogen (secondary N) is 2. The van der Waals surface area contributed by atoms with Crippen LogP contribution in [0, 0.1) is 5.82 Å². The second kappa shape index (κ2) is 12.0. The van der Waals surface area contributed by atoms with Crippen LogP contribution in [0.4, 0.5) is 41.2 Å². The smallest absolute Gasteiger partial charge is 0.430 e. The molecular formula is C27H25F7N4O4. The van der Waals surface area contributed by atoms with Gasteiger partial charge in [-0.25, -0.2) is 9.18 Å². The average Bonchev–Trinajstić information content (AvgIpc) is 3.46. The van der Waals surface area contributed by atoms with Gasteiger partial charge in [0.1, 0.15) is 11.6 Å². The molecule has 2 heterocycles. The lowest BCUT2D eigenvalue weighted by Gasteiger charge is -2.35. The van der Waals surface area contributed by atoms with Crippen LogP contribution < -0.4 is 10.6 Å². The maximum atomic E-state index is 14.6. The number of hydrogen-bond donors (Lipinski definition) is 3. The number of amides is 3. The zero-order chi connectivity index (χ0) is 30.7. The van der Waals surface area contributed by atoms with Crippen molar-refractivity contribution < 1.29 is 49.8 Å². The second-order valence-electron chi connectivity index (χ2n) is 9.55. The molecule has 0 bridgehead atoms. The molecule has 1 aromatic heterocycles. The van der Waals surface area contributed by atoms with Gasteiger partial charge in [0.25, 0.3) is 11.5 Å². The molecule has 1 aliphatic heterocycles. The van der Waals surface area contributed by atoms with Gasteiger partial charge in [-0.3, -0.25) is 9.69 Å². The van der Waals surface area contributed by atoms with Crippen molar-refractivity contribution in [2.75, 3.05) is 31.5 Å². The van der Waals surface area contributed by atoms with E-state index in [1.54, 1.807) is 12.1 Å². The van der Waals surface area contributed by atoms with E-state index in [2.05, 4.69) is 10.6 Å². The van der Waals surface area contributed by atoms with E-state index in [0.717, 1.165) is 18.2 Å². The molecule has 3 aromatic rings. The summed E-state index contributed by atoms with van der Waals surface area (Å²) in [6, 6.07) is 9.58. The van der Waals surface area contributed by atoms with E-state index in [1.165, 1.54) is 23.3 Å². The molecule has 0 spiro atoms. The van der Waals surface area contributed by atoms with Crippen molar-refractivity contribution in [2.24, 2.45) is 0 Å². The molecule has 0 aliphatic carbocycles. The van der Waals surface area contributed by atoms with Crippen molar-refractivity contribution in [3.05, 3.63) is 89.1 Å². The number of benzene rings is 2. The van der Waals surface area contributed by atoms with Gasteiger partial charge in [0.05, 0.1) is 18.5 Å². The van der Waals surface area contributed by atoms with Crippen LogP contribution in [-0.2, 0) is 18.7 Å². The van der Waals surface area contributed by atoms with Crippen LogP contribution in [0.25, 0.3) is 0 Å². The Bertz CT molecular complexity index is 1370. The number of anilines is 1. The van der Waals surface area contributed by atoms with Crippen molar-refractivity contribution >= 4 is 17.6 Å². The molecule has 0 saturated carbocycles. The third kappa shape index (κ3) is 6.68. The summed E-state index contributed by atoms with van der Waals surface area (Å²) in [5, 5.41) is 14.4. The van der Waals surface area contributed by atoms with Crippen molar-refractivity contribution in [2.45, 2.75) is 31.0 Å². The Hall–Kier alpha value is -4.11. The average molecular weight is 603 g/mol. The first-order chi connectivity index (χ1) is 19.7.